The third-order valence-electron chi connectivity index (χ3n) is 3.17. The Morgan fingerprint density at radius 3 is 2.52 bits per heavy atom. The molecule has 5 nitrogen and oxygen atoms in total. The zero-order valence-electron chi connectivity index (χ0n) is 13.6. The predicted octanol–water partition coefficient (Wildman–Crippen LogP) is 2.44. The van der Waals surface area contributed by atoms with Crippen LogP contribution in [0.3, 0.4) is 0 Å². The molecule has 0 bridgehead atoms. The largest absolute Gasteiger partial charge is 0.465 e. The van der Waals surface area contributed by atoms with Crippen molar-refractivity contribution in [3.05, 3.63) is 23.8 Å². The maximum absolute atomic E-state index is 11.5. The average molecular weight is 293 g/mol. The number of hydrogen-bond acceptors (Lipinski definition) is 5. The second-order valence-electron chi connectivity index (χ2n) is 6.03. The normalized spacial score (nSPS) is 12.5. The third kappa shape index (κ3) is 5.63. The third-order valence-corrected chi connectivity index (χ3v) is 3.17. The van der Waals surface area contributed by atoms with Crippen LogP contribution >= 0.6 is 0 Å². The second-order valence-corrected chi connectivity index (χ2v) is 6.03. The Bertz CT molecular complexity index is 463. The van der Waals surface area contributed by atoms with E-state index in [4.69, 9.17) is 10.5 Å². The van der Waals surface area contributed by atoms with E-state index in [-0.39, 0.29) is 5.97 Å². The van der Waals surface area contributed by atoms with Gasteiger partial charge in [-0.2, -0.15) is 0 Å². The minimum Gasteiger partial charge on any atom is -0.465 e. The highest BCUT2D eigenvalue weighted by molar-refractivity contribution is 5.91. The maximum atomic E-state index is 11.5. The van der Waals surface area contributed by atoms with Gasteiger partial charge in [0.15, 0.2) is 0 Å². The number of likely N-dealkylation sites (N-methyl/N-ethyl adjacent to an activating group) is 1. The zero-order chi connectivity index (χ0) is 16.0. The number of nitrogens with one attached hydrogen (secondary N) is 1. The van der Waals surface area contributed by atoms with Crippen LogP contribution in [0.4, 0.5) is 11.4 Å². The molecule has 5 heteroatoms. The Morgan fingerprint density at radius 1 is 1.38 bits per heavy atom. The van der Waals surface area contributed by atoms with Crippen molar-refractivity contribution in [2.24, 2.45) is 5.92 Å². The first-order chi connectivity index (χ1) is 9.83. The first-order valence-electron chi connectivity index (χ1n) is 7.22. The Morgan fingerprint density at radius 2 is 2.05 bits per heavy atom. The van der Waals surface area contributed by atoms with Gasteiger partial charge in [0.05, 0.1) is 24.0 Å². The van der Waals surface area contributed by atoms with Gasteiger partial charge in [-0.25, -0.2) is 4.79 Å². The quantitative estimate of drug-likeness (QED) is 0.597. The van der Waals surface area contributed by atoms with Crippen molar-refractivity contribution in [1.82, 2.24) is 4.90 Å². The molecular weight excluding hydrogens is 266 g/mol. The lowest BCUT2D eigenvalue weighted by Crippen LogP contribution is -2.33. The van der Waals surface area contributed by atoms with Crippen LogP contribution in [0.5, 0.6) is 0 Å². The number of nitrogen functional groups attached to an aromatic ring is 1. The van der Waals surface area contributed by atoms with Crippen LogP contribution in [-0.4, -0.2) is 44.7 Å². The van der Waals surface area contributed by atoms with Crippen LogP contribution in [-0.2, 0) is 4.74 Å². The number of carbonyl (C=O) groups excluding carboxylic acids is 1. The van der Waals surface area contributed by atoms with Gasteiger partial charge in [-0.05, 0) is 44.6 Å². The van der Waals surface area contributed by atoms with Crippen LogP contribution < -0.4 is 11.1 Å². The molecule has 0 aliphatic heterocycles. The summed E-state index contributed by atoms with van der Waals surface area (Å²) in [7, 11) is 5.47. The SMILES string of the molecule is COC(=O)c1ccc(NC(CC(C)C)CN(C)C)c(N)c1. The summed E-state index contributed by atoms with van der Waals surface area (Å²) in [5.41, 5.74) is 7.92. The average Bonchev–Trinajstić information content (AvgIpc) is 2.38. The molecule has 0 aliphatic rings. The van der Waals surface area contributed by atoms with Gasteiger partial charge < -0.3 is 20.7 Å². The van der Waals surface area contributed by atoms with Crippen LogP contribution in [0.1, 0.15) is 30.6 Å². The van der Waals surface area contributed by atoms with Crippen LogP contribution in [0, 0.1) is 5.92 Å². The summed E-state index contributed by atoms with van der Waals surface area (Å²) in [5.74, 6) is 0.221. The van der Waals surface area contributed by atoms with Gasteiger partial charge in [-0.1, -0.05) is 13.8 Å². The molecule has 0 radical (unpaired) electrons. The number of esters is 1. The highest BCUT2D eigenvalue weighted by atomic mass is 16.5. The number of nitrogens with zero attached hydrogens (tertiary/aromatic N) is 1. The lowest BCUT2D eigenvalue weighted by Gasteiger charge is -2.25. The number of methoxy groups -OCH3 is 1. The van der Waals surface area contributed by atoms with Crippen molar-refractivity contribution in [2.75, 3.05) is 38.8 Å². The number of nitrogens with two attached hydrogens (primary N) is 1. The number of rotatable bonds is 7. The van der Waals surface area contributed by atoms with E-state index in [1.807, 2.05) is 6.07 Å². The lowest BCUT2D eigenvalue weighted by molar-refractivity contribution is 0.0601. The van der Waals surface area contributed by atoms with Gasteiger partial charge >= 0.3 is 5.97 Å². The Kier molecular flexibility index (Phi) is 6.49. The highest BCUT2D eigenvalue weighted by Gasteiger charge is 2.14. The highest BCUT2D eigenvalue weighted by Crippen LogP contribution is 2.22. The molecular formula is C16H27N3O2. The summed E-state index contributed by atoms with van der Waals surface area (Å²) in [4.78, 5) is 13.6. The standard InChI is InChI=1S/C16H27N3O2/c1-11(2)8-13(10-19(3)4)18-15-7-6-12(9-14(15)17)16(20)21-5/h6-7,9,11,13,18H,8,10,17H2,1-5H3. The smallest absolute Gasteiger partial charge is 0.337 e. The molecule has 0 saturated heterocycles. The molecule has 0 aromatic heterocycles. The summed E-state index contributed by atoms with van der Waals surface area (Å²) in [6.45, 7) is 5.33. The molecule has 1 atom stereocenters. The van der Waals surface area contributed by atoms with Crippen molar-refractivity contribution >= 4 is 17.3 Å². The van der Waals surface area contributed by atoms with Gasteiger partial charge in [-0.15, -0.1) is 0 Å². The minimum absolute atomic E-state index is 0.311. The molecule has 1 aromatic carbocycles. The summed E-state index contributed by atoms with van der Waals surface area (Å²) < 4.78 is 4.70. The molecule has 1 unspecified atom stereocenters. The molecule has 0 heterocycles. The molecule has 0 amide bonds. The second kappa shape index (κ2) is 7.88. The summed E-state index contributed by atoms with van der Waals surface area (Å²) in [6.07, 6.45) is 1.05. The lowest BCUT2D eigenvalue weighted by atomic mass is 10.0. The Hall–Kier alpha value is -1.75. The fourth-order valence-electron chi connectivity index (χ4n) is 2.35. The van der Waals surface area contributed by atoms with E-state index >= 15 is 0 Å². The summed E-state index contributed by atoms with van der Waals surface area (Å²) >= 11 is 0. The molecule has 0 fully saturated rings. The number of anilines is 2. The van der Waals surface area contributed by atoms with Crippen LogP contribution in [0.15, 0.2) is 18.2 Å². The van der Waals surface area contributed by atoms with Crippen molar-refractivity contribution in [3.63, 3.8) is 0 Å². The number of hydrogen-bond donors (Lipinski definition) is 2. The number of ether oxygens (including phenoxy) is 1. The number of carbonyl (C=O) groups is 1. The van der Waals surface area contributed by atoms with Gasteiger partial charge in [0.2, 0.25) is 0 Å². The first-order valence-corrected chi connectivity index (χ1v) is 7.22. The Labute approximate surface area is 127 Å². The van der Waals surface area contributed by atoms with Gasteiger partial charge in [0.1, 0.15) is 0 Å². The van der Waals surface area contributed by atoms with Crippen LogP contribution in [0.25, 0.3) is 0 Å². The van der Waals surface area contributed by atoms with E-state index in [1.165, 1.54) is 7.11 Å². The minimum atomic E-state index is -0.375. The van der Waals surface area contributed by atoms with Gasteiger partial charge in [0.25, 0.3) is 0 Å². The van der Waals surface area contributed by atoms with E-state index in [0.29, 0.717) is 23.2 Å². The van der Waals surface area contributed by atoms with E-state index in [1.54, 1.807) is 12.1 Å². The van der Waals surface area contributed by atoms with Gasteiger partial charge in [-0.3, -0.25) is 0 Å². The van der Waals surface area contributed by atoms with Gasteiger partial charge in [0, 0.05) is 12.6 Å². The topological polar surface area (TPSA) is 67.6 Å². The van der Waals surface area contributed by atoms with E-state index in [9.17, 15) is 4.79 Å². The molecule has 0 saturated carbocycles. The first kappa shape index (κ1) is 17.3. The monoisotopic (exact) mass is 293 g/mol. The molecule has 21 heavy (non-hydrogen) atoms. The number of benzene rings is 1. The van der Waals surface area contributed by atoms with Crippen molar-refractivity contribution in [3.8, 4) is 0 Å². The molecule has 118 valence electrons. The molecule has 0 spiro atoms. The van der Waals surface area contributed by atoms with E-state index in [2.05, 4.69) is 38.2 Å². The molecule has 0 aliphatic carbocycles. The fourth-order valence-corrected chi connectivity index (χ4v) is 2.35. The van der Waals surface area contributed by atoms with Crippen LogP contribution in [0.2, 0.25) is 0 Å². The molecule has 1 rings (SSSR count). The van der Waals surface area contributed by atoms with E-state index < -0.39 is 0 Å². The van der Waals surface area contributed by atoms with Crippen molar-refractivity contribution in [2.45, 2.75) is 26.3 Å². The summed E-state index contributed by atoms with van der Waals surface area (Å²) in [6, 6.07) is 5.53. The fraction of sp³-hybridized carbons (Fsp3) is 0.562. The predicted molar refractivity (Wildman–Crippen MR) is 87.6 cm³/mol. The molecule has 1 aromatic rings. The van der Waals surface area contributed by atoms with E-state index in [0.717, 1.165) is 18.7 Å². The maximum Gasteiger partial charge on any atom is 0.337 e. The zero-order valence-corrected chi connectivity index (χ0v) is 13.6. The van der Waals surface area contributed by atoms with Crippen molar-refractivity contribution in [1.29, 1.82) is 0 Å². The Balaban J connectivity index is 2.85. The molecule has 3 N–H and O–H groups in total. The van der Waals surface area contributed by atoms with Crippen molar-refractivity contribution < 1.29 is 9.53 Å². The summed E-state index contributed by atoms with van der Waals surface area (Å²) in [5, 5.41) is 3.48.